The van der Waals surface area contributed by atoms with E-state index in [0.717, 1.165) is 5.39 Å². The Labute approximate surface area is 113 Å². The van der Waals surface area contributed by atoms with Gasteiger partial charge in [-0.1, -0.05) is 12.1 Å². The first kappa shape index (κ1) is 14.3. The summed E-state index contributed by atoms with van der Waals surface area (Å²) < 4.78 is 40.2. The van der Waals surface area contributed by atoms with Gasteiger partial charge in [0.05, 0.1) is 12.1 Å². The van der Waals surface area contributed by atoms with Crippen molar-refractivity contribution in [3.63, 3.8) is 0 Å². The Hall–Kier alpha value is -2.09. The summed E-state index contributed by atoms with van der Waals surface area (Å²) in [5.41, 5.74) is 6.24. The van der Waals surface area contributed by atoms with Crippen LogP contribution in [0.5, 0.6) is 0 Å². The molecule has 0 bridgehead atoms. The molecule has 0 radical (unpaired) electrons. The molecule has 0 spiro atoms. The minimum atomic E-state index is -4.31. The number of ether oxygens (including phenoxy) is 1. The van der Waals surface area contributed by atoms with Gasteiger partial charge in [0.2, 0.25) is 5.95 Å². The largest absolute Gasteiger partial charge is 0.411 e. The molecule has 0 aliphatic carbocycles. The zero-order chi connectivity index (χ0) is 14.6. The predicted octanol–water partition coefficient (Wildman–Crippen LogP) is 2.20. The van der Waals surface area contributed by atoms with E-state index in [0.29, 0.717) is 11.3 Å². The Morgan fingerprint density at radius 3 is 2.70 bits per heavy atom. The highest BCUT2D eigenvalue weighted by Crippen LogP contribution is 2.20. The number of rotatable bonds is 5. The van der Waals surface area contributed by atoms with Gasteiger partial charge in [-0.2, -0.15) is 18.2 Å². The molecule has 20 heavy (non-hydrogen) atoms. The smallest absolute Gasteiger partial charge is 0.370 e. The van der Waals surface area contributed by atoms with E-state index in [4.69, 9.17) is 5.73 Å². The fraction of sp³-hybridized carbons (Fsp3) is 0.333. The van der Waals surface area contributed by atoms with Crippen LogP contribution in [0.2, 0.25) is 0 Å². The minimum Gasteiger partial charge on any atom is -0.370 e. The number of hydrogen-bond acceptors (Lipinski definition) is 5. The van der Waals surface area contributed by atoms with Crippen molar-refractivity contribution in [2.24, 2.45) is 0 Å². The molecule has 0 unspecified atom stereocenters. The average Bonchev–Trinajstić information content (AvgIpc) is 2.36. The lowest BCUT2D eigenvalue weighted by Crippen LogP contribution is -2.20. The first-order valence-electron chi connectivity index (χ1n) is 5.86. The van der Waals surface area contributed by atoms with Crippen LogP contribution in [-0.4, -0.2) is 35.9 Å². The number of nitrogens with zero attached hydrogens (tertiary/aromatic N) is 2. The van der Waals surface area contributed by atoms with Gasteiger partial charge in [0.1, 0.15) is 12.4 Å². The molecule has 2 aromatic rings. The van der Waals surface area contributed by atoms with Crippen LogP contribution in [0.3, 0.4) is 0 Å². The molecule has 0 aliphatic heterocycles. The Balaban J connectivity index is 1.96. The molecule has 108 valence electrons. The molecule has 0 saturated heterocycles. The van der Waals surface area contributed by atoms with Gasteiger partial charge in [0.15, 0.2) is 0 Å². The maximum atomic E-state index is 11.9. The molecule has 5 nitrogen and oxygen atoms in total. The van der Waals surface area contributed by atoms with Crippen LogP contribution in [0.15, 0.2) is 24.3 Å². The molecule has 0 saturated carbocycles. The van der Waals surface area contributed by atoms with E-state index in [1.54, 1.807) is 12.1 Å². The number of nitrogens with one attached hydrogen (secondary N) is 1. The Morgan fingerprint density at radius 2 is 1.95 bits per heavy atom. The van der Waals surface area contributed by atoms with Crippen molar-refractivity contribution in [2.75, 3.05) is 30.8 Å². The summed E-state index contributed by atoms with van der Waals surface area (Å²) in [6.45, 7) is -1.16. The van der Waals surface area contributed by atoms with Crippen molar-refractivity contribution in [1.82, 2.24) is 9.97 Å². The molecule has 8 heteroatoms. The third-order valence-electron chi connectivity index (χ3n) is 2.43. The summed E-state index contributed by atoms with van der Waals surface area (Å²) in [7, 11) is 0. The van der Waals surface area contributed by atoms with E-state index >= 15 is 0 Å². The summed E-state index contributed by atoms with van der Waals surface area (Å²) in [6, 6.07) is 7.20. The zero-order valence-corrected chi connectivity index (χ0v) is 10.4. The third-order valence-corrected chi connectivity index (χ3v) is 2.43. The second-order valence-electron chi connectivity index (χ2n) is 4.04. The van der Waals surface area contributed by atoms with Crippen molar-refractivity contribution < 1.29 is 17.9 Å². The van der Waals surface area contributed by atoms with Crippen LogP contribution in [0.25, 0.3) is 10.9 Å². The minimum absolute atomic E-state index is 0.0856. The number of hydrogen-bond donors (Lipinski definition) is 2. The molecule has 1 heterocycles. The highest BCUT2D eigenvalue weighted by Gasteiger charge is 2.27. The molecular weight excluding hydrogens is 273 g/mol. The number of nitrogens with two attached hydrogens (primary N) is 1. The van der Waals surface area contributed by atoms with Crippen molar-refractivity contribution in [3.05, 3.63) is 24.3 Å². The van der Waals surface area contributed by atoms with E-state index in [-0.39, 0.29) is 19.1 Å². The summed E-state index contributed by atoms with van der Waals surface area (Å²) in [5.74, 6) is 0.575. The summed E-state index contributed by atoms with van der Waals surface area (Å²) in [6.07, 6.45) is -4.31. The fourth-order valence-electron chi connectivity index (χ4n) is 1.66. The van der Waals surface area contributed by atoms with Gasteiger partial charge in [-0.15, -0.1) is 0 Å². The lowest BCUT2D eigenvalue weighted by Gasteiger charge is -2.10. The van der Waals surface area contributed by atoms with Crippen molar-refractivity contribution >= 4 is 22.7 Å². The zero-order valence-electron chi connectivity index (χ0n) is 10.4. The van der Waals surface area contributed by atoms with E-state index in [1.165, 1.54) is 0 Å². The number of benzene rings is 1. The summed E-state index contributed by atoms with van der Waals surface area (Å²) >= 11 is 0. The van der Waals surface area contributed by atoms with Crippen LogP contribution in [0.4, 0.5) is 24.9 Å². The van der Waals surface area contributed by atoms with E-state index < -0.39 is 12.8 Å². The standard InChI is InChI=1S/C12H13F3N4O/c13-12(14,15)7-20-6-5-17-10-8-3-1-2-4-9(8)18-11(16)19-10/h1-4H,5-7H2,(H3,16,17,18,19). The second-order valence-corrected chi connectivity index (χ2v) is 4.04. The molecule has 0 aliphatic rings. The maximum absolute atomic E-state index is 11.9. The SMILES string of the molecule is Nc1nc(NCCOCC(F)(F)F)c2ccccc2n1. The van der Waals surface area contributed by atoms with Crippen LogP contribution in [0.1, 0.15) is 0 Å². The second kappa shape index (κ2) is 5.91. The lowest BCUT2D eigenvalue weighted by atomic mass is 10.2. The number of para-hydroxylation sites is 1. The van der Waals surface area contributed by atoms with Gasteiger partial charge in [0, 0.05) is 11.9 Å². The van der Waals surface area contributed by atoms with Gasteiger partial charge in [-0.25, -0.2) is 4.98 Å². The summed E-state index contributed by atoms with van der Waals surface area (Å²) in [5, 5.41) is 3.64. The van der Waals surface area contributed by atoms with Gasteiger partial charge >= 0.3 is 6.18 Å². The summed E-state index contributed by atoms with van der Waals surface area (Å²) in [4.78, 5) is 8.09. The molecule has 3 N–H and O–H groups in total. The lowest BCUT2D eigenvalue weighted by molar-refractivity contribution is -0.172. The van der Waals surface area contributed by atoms with E-state index in [1.807, 2.05) is 12.1 Å². The molecular formula is C12H13F3N4O. The topological polar surface area (TPSA) is 73.1 Å². The number of anilines is 2. The third kappa shape index (κ3) is 3.95. The molecule has 1 aromatic carbocycles. The molecule has 1 aromatic heterocycles. The Morgan fingerprint density at radius 1 is 1.20 bits per heavy atom. The van der Waals surface area contributed by atoms with Crippen molar-refractivity contribution in [1.29, 1.82) is 0 Å². The Kier molecular flexibility index (Phi) is 4.23. The number of fused-ring (bicyclic) bond motifs is 1. The number of alkyl halides is 3. The highest BCUT2D eigenvalue weighted by molar-refractivity contribution is 5.89. The predicted molar refractivity (Wildman–Crippen MR) is 69.3 cm³/mol. The highest BCUT2D eigenvalue weighted by atomic mass is 19.4. The van der Waals surface area contributed by atoms with Crippen LogP contribution >= 0.6 is 0 Å². The van der Waals surface area contributed by atoms with Crippen LogP contribution in [0, 0.1) is 0 Å². The van der Waals surface area contributed by atoms with Crippen molar-refractivity contribution in [2.45, 2.75) is 6.18 Å². The van der Waals surface area contributed by atoms with E-state index in [2.05, 4.69) is 20.0 Å². The van der Waals surface area contributed by atoms with Gasteiger partial charge in [-0.05, 0) is 12.1 Å². The first-order valence-corrected chi connectivity index (χ1v) is 5.86. The number of halogens is 3. The molecule has 0 fully saturated rings. The van der Waals surface area contributed by atoms with E-state index in [9.17, 15) is 13.2 Å². The quantitative estimate of drug-likeness (QED) is 0.824. The van der Waals surface area contributed by atoms with Crippen molar-refractivity contribution in [3.8, 4) is 0 Å². The normalized spacial score (nSPS) is 11.8. The molecule has 2 rings (SSSR count). The maximum Gasteiger partial charge on any atom is 0.411 e. The molecule has 0 atom stereocenters. The van der Waals surface area contributed by atoms with Gasteiger partial charge in [0.25, 0.3) is 0 Å². The Bertz CT molecular complexity index is 588. The first-order chi connectivity index (χ1) is 9.46. The fourth-order valence-corrected chi connectivity index (χ4v) is 1.66. The van der Waals surface area contributed by atoms with Crippen LogP contribution in [-0.2, 0) is 4.74 Å². The van der Waals surface area contributed by atoms with Gasteiger partial charge in [-0.3, -0.25) is 0 Å². The average molecular weight is 286 g/mol. The number of nitrogen functional groups attached to an aromatic ring is 1. The monoisotopic (exact) mass is 286 g/mol. The van der Waals surface area contributed by atoms with Crippen LogP contribution < -0.4 is 11.1 Å². The van der Waals surface area contributed by atoms with Gasteiger partial charge < -0.3 is 15.8 Å². The number of aromatic nitrogens is 2. The molecule has 0 amide bonds.